The molecule has 0 aromatic heterocycles. The molecule has 1 unspecified atom stereocenters. The first-order chi connectivity index (χ1) is 8.23. The van der Waals surface area contributed by atoms with Crippen LogP contribution in [-0.2, 0) is 0 Å². The zero-order chi connectivity index (χ0) is 14.5. The molecule has 0 heterocycles. The Morgan fingerprint density at radius 1 is 0.944 bits per heavy atom. The molecule has 1 atom stereocenters. The van der Waals surface area contributed by atoms with Crippen molar-refractivity contribution in [3.8, 4) is 0 Å². The zero-order valence-electron chi connectivity index (χ0n) is 9.05. The molecule has 0 aromatic carbocycles. The lowest BCUT2D eigenvalue weighted by Crippen LogP contribution is -2.31. The van der Waals surface area contributed by atoms with Crippen molar-refractivity contribution in [2.24, 2.45) is 0 Å². The van der Waals surface area contributed by atoms with Crippen molar-refractivity contribution >= 4 is 0 Å². The number of nitrogens with zero attached hydrogens (tertiary/aromatic N) is 4. The summed E-state index contributed by atoms with van der Waals surface area (Å²) < 4.78 is 0. The molecule has 12 heteroatoms. The summed E-state index contributed by atoms with van der Waals surface area (Å²) >= 11 is 0. The summed E-state index contributed by atoms with van der Waals surface area (Å²) in [6.45, 7) is 1.45. The molecule has 0 aliphatic heterocycles. The topological polar surface area (TPSA) is 173 Å². The van der Waals surface area contributed by atoms with Gasteiger partial charge in [-0.1, -0.05) is 6.92 Å². The highest BCUT2D eigenvalue weighted by Gasteiger charge is 2.51. The lowest BCUT2D eigenvalue weighted by atomic mass is 10.1. The average Bonchev–Trinajstić information content (AvgIpc) is 2.20. The van der Waals surface area contributed by atoms with Gasteiger partial charge in [-0.15, -0.1) is 0 Å². The van der Waals surface area contributed by atoms with Crippen LogP contribution in [-0.4, -0.2) is 25.7 Å². The zero-order valence-corrected chi connectivity index (χ0v) is 9.05. The highest BCUT2D eigenvalue weighted by Crippen LogP contribution is 2.18. The van der Waals surface area contributed by atoms with E-state index in [1.165, 1.54) is 6.92 Å². The van der Waals surface area contributed by atoms with Gasteiger partial charge in [-0.2, -0.15) is 0 Å². The first kappa shape index (κ1) is 15.3. The lowest BCUT2D eigenvalue weighted by Gasteiger charge is -2.03. The van der Waals surface area contributed by atoms with E-state index < -0.39 is 43.7 Å². The Kier molecular flexibility index (Phi) is 5.26. The van der Waals surface area contributed by atoms with Gasteiger partial charge in [0.15, 0.2) is 0 Å². The molecule has 0 saturated carbocycles. The second-order valence-electron chi connectivity index (χ2n) is 3.07. The summed E-state index contributed by atoms with van der Waals surface area (Å²) in [5.41, 5.74) is -1.61. The Labute approximate surface area is 98.5 Å². The van der Waals surface area contributed by atoms with Crippen molar-refractivity contribution in [3.05, 3.63) is 52.0 Å². The van der Waals surface area contributed by atoms with Crippen molar-refractivity contribution < 1.29 is 19.7 Å². The van der Waals surface area contributed by atoms with Crippen molar-refractivity contribution in [2.75, 3.05) is 0 Å². The molecule has 0 aromatic rings. The first-order valence-electron chi connectivity index (χ1n) is 4.54. The molecule has 0 spiro atoms. The maximum absolute atomic E-state index is 10.6. The predicted molar refractivity (Wildman–Crippen MR) is 53.7 cm³/mol. The minimum atomic E-state index is -2.09. The van der Waals surface area contributed by atoms with Gasteiger partial charge >= 0.3 is 17.6 Å². The Balaban J connectivity index is 6.00. The molecule has 0 amide bonds. The van der Waals surface area contributed by atoms with Crippen LogP contribution in [0.1, 0.15) is 19.8 Å². The summed E-state index contributed by atoms with van der Waals surface area (Å²) in [7, 11) is 0. The molecule has 0 rings (SSSR count). The van der Waals surface area contributed by atoms with Crippen LogP contribution in [0.5, 0.6) is 0 Å². The van der Waals surface area contributed by atoms with Crippen LogP contribution in [0.25, 0.3) is 0 Å². The summed E-state index contributed by atoms with van der Waals surface area (Å²) in [5, 5.41) is 42.0. The molecule has 100 valence electrons. The van der Waals surface area contributed by atoms with Gasteiger partial charge in [0, 0.05) is 11.3 Å². The van der Waals surface area contributed by atoms with Gasteiger partial charge in [0.05, 0.1) is 4.92 Å². The number of nitro groups is 4. The van der Waals surface area contributed by atoms with Crippen molar-refractivity contribution in [2.45, 2.75) is 25.8 Å². The summed E-state index contributed by atoms with van der Waals surface area (Å²) in [6.07, 6.45) is -0.305. The molecule has 0 saturated heterocycles. The van der Waals surface area contributed by atoms with E-state index in [0.717, 1.165) is 0 Å². The SMILES string of the molecule is CCCC(C(=C([N+](=O)[O-])[N+](=O)[O-])[N+](=O)[O-])[N+](=O)[O-]. The van der Waals surface area contributed by atoms with Crippen LogP contribution in [0.3, 0.4) is 0 Å². The molecule has 0 aliphatic carbocycles. The van der Waals surface area contributed by atoms with E-state index in [1.807, 2.05) is 0 Å². The molecule has 0 radical (unpaired) electrons. The summed E-state index contributed by atoms with van der Waals surface area (Å²) in [6, 6.07) is -2.09. The Bertz CT molecular complexity index is 413. The predicted octanol–water partition coefficient (Wildman–Crippen LogP) is 0.431. The van der Waals surface area contributed by atoms with Crippen LogP contribution in [0.2, 0.25) is 0 Å². The molecular formula is C6H8N4O8. The molecule has 0 bridgehead atoms. The van der Waals surface area contributed by atoms with Crippen LogP contribution >= 0.6 is 0 Å². The van der Waals surface area contributed by atoms with E-state index in [0.29, 0.717) is 0 Å². The smallest absolute Gasteiger partial charge is 0.264 e. The van der Waals surface area contributed by atoms with Crippen molar-refractivity contribution in [1.29, 1.82) is 0 Å². The van der Waals surface area contributed by atoms with E-state index in [-0.39, 0.29) is 6.42 Å². The third kappa shape index (κ3) is 3.43. The van der Waals surface area contributed by atoms with Gasteiger partial charge in [-0.3, -0.25) is 40.5 Å². The van der Waals surface area contributed by atoms with E-state index in [1.54, 1.807) is 0 Å². The number of rotatable bonds is 7. The molecule has 18 heavy (non-hydrogen) atoms. The van der Waals surface area contributed by atoms with Gasteiger partial charge in [0.25, 0.3) is 0 Å². The van der Waals surface area contributed by atoms with Crippen molar-refractivity contribution in [3.63, 3.8) is 0 Å². The monoisotopic (exact) mass is 264 g/mol. The van der Waals surface area contributed by atoms with Crippen molar-refractivity contribution in [1.82, 2.24) is 0 Å². The van der Waals surface area contributed by atoms with E-state index in [2.05, 4.69) is 0 Å². The minimum Gasteiger partial charge on any atom is -0.264 e. The fourth-order valence-corrected chi connectivity index (χ4v) is 1.22. The Morgan fingerprint density at radius 2 is 1.39 bits per heavy atom. The number of hydrogen-bond acceptors (Lipinski definition) is 8. The van der Waals surface area contributed by atoms with E-state index in [9.17, 15) is 40.5 Å². The van der Waals surface area contributed by atoms with Gasteiger partial charge in [-0.25, -0.2) is 0 Å². The van der Waals surface area contributed by atoms with Crippen LogP contribution < -0.4 is 0 Å². The highest BCUT2D eigenvalue weighted by atomic mass is 16.7. The van der Waals surface area contributed by atoms with Crippen LogP contribution in [0, 0.1) is 40.5 Å². The second kappa shape index (κ2) is 6.17. The third-order valence-corrected chi connectivity index (χ3v) is 1.90. The molecule has 12 nitrogen and oxygen atoms in total. The van der Waals surface area contributed by atoms with Gasteiger partial charge < -0.3 is 0 Å². The summed E-state index contributed by atoms with van der Waals surface area (Å²) in [5.74, 6) is -1.98. The lowest BCUT2D eigenvalue weighted by molar-refractivity contribution is -0.641. The highest BCUT2D eigenvalue weighted by molar-refractivity contribution is 4.99. The average molecular weight is 264 g/mol. The van der Waals surface area contributed by atoms with Gasteiger partial charge in [-0.05, 0) is 6.42 Å². The molecular weight excluding hydrogens is 256 g/mol. The molecule has 0 aliphatic rings. The standard InChI is InChI=1S/C6H8N4O8/c1-2-3-4(7(11)12)5(8(13)14)6(9(15)16)10(17)18/h4H,2-3H2,1H3. The van der Waals surface area contributed by atoms with Gasteiger partial charge in [0.1, 0.15) is 9.85 Å². The molecule has 0 N–H and O–H groups in total. The first-order valence-corrected chi connectivity index (χ1v) is 4.54. The normalized spacial score (nSPS) is 11.4. The second-order valence-corrected chi connectivity index (χ2v) is 3.07. The van der Waals surface area contributed by atoms with E-state index in [4.69, 9.17) is 0 Å². The largest absolute Gasteiger partial charge is 0.640 e. The maximum atomic E-state index is 10.6. The Morgan fingerprint density at radius 3 is 1.61 bits per heavy atom. The Hall–Kier alpha value is -2.66. The fraction of sp³-hybridized carbons (Fsp3) is 0.667. The third-order valence-electron chi connectivity index (χ3n) is 1.90. The fourth-order valence-electron chi connectivity index (χ4n) is 1.22. The maximum Gasteiger partial charge on any atom is 0.640 e. The van der Waals surface area contributed by atoms with E-state index >= 15 is 0 Å². The minimum absolute atomic E-state index is 0.103. The van der Waals surface area contributed by atoms with Crippen LogP contribution in [0.15, 0.2) is 11.5 Å². The quantitative estimate of drug-likeness (QED) is 0.469. The van der Waals surface area contributed by atoms with Crippen LogP contribution in [0.4, 0.5) is 0 Å². The summed E-state index contributed by atoms with van der Waals surface area (Å²) in [4.78, 5) is 36.2. The molecule has 0 fully saturated rings. The number of hydrogen-bond donors (Lipinski definition) is 0. The van der Waals surface area contributed by atoms with Gasteiger partial charge in [0.2, 0.25) is 0 Å².